The van der Waals surface area contributed by atoms with Crippen LogP contribution in [0, 0.1) is 5.92 Å². The van der Waals surface area contributed by atoms with Gasteiger partial charge in [0, 0.05) is 17.6 Å². The van der Waals surface area contributed by atoms with Crippen molar-refractivity contribution in [3.05, 3.63) is 28.2 Å². The molecular weight excluding hydrogens is 320 g/mol. The molecule has 1 fully saturated rings. The average Bonchev–Trinajstić information content (AvgIpc) is 2.92. The molecule has 20 heavy (non-hydrogen) atoms. The third kappa shape index (κ3) is 3.73. The van der Waals surface area contributed by atoms with Crippen molar-refractivity contribution >= 4 is 21.8 Å². The van der Waals surface area contributed by atoms with Crippen LogP contribution < -0.4 is 10.1 Å². The van der Waals surface area contributed by atoms with Crippen molar-refractivity contribution in [2.75, 3.05) is 33.3 Å². The molecule has 5 heteroatoms. The normalized spacial score (nSPS) is 19.1. The van der Waals surface area contributed by atoms with Gasteiger partial charge in [0.05, 0.1) is 12.7 Å². The molecule has 1 N–H and O–H groups in total. The number of benzene rings is 1. The molecule has 0 aliphatic carbocycles. The molecule has 0 radical (unpaired) electrons. The van der Waals surface area contributed by atoms with E-state index < -0.39 is 0 Å². The summed E-state index contributed by atoms with van der Waals surface area (Å²) in [5.74, 6) is 1.09. The summed E-state index contributed by atoms with van der Waals surface area (Å²) in [6.07, 6.45) is 1.16. The second-order valence-corrected chi connectivity index (χ2v) is 6.02. The largest absolute Gasteiger partial charge is 0.496 e. The lowest BCUT2D eigenvalue weighted by molar-refractivity contribution is 0.0944. The van der Waals surface area contributed by atoms with E-state index in [0.29, 0.717) is 17.2 Å². The molecule has 1 aromatic rings. The van der Waals surface area contributed by atoms with Crippen molar-refractivity contribution in [1.82, 2.24) is 10.2 Å². The van der Waals surface area contributed by atoms with E-state index in [4.69, 9.17) is 4.74 Å². The van der Waals surface area contributed by atoms with Crippen LogP contribution in [0.25, 0.3) is 0 Å². The third-order valence-electron chi connectivity index (χ3n) is 3.78. The number of methoxy groups -OCH3 is 1. The molecule has 1 aliphatic rings. The van der Waals surface area contributed by atoms with Crippen LogP contribution in [0.15, 0.2) is 22.7 Å². The van der Waals surface area contributed by atoms with Crippen LogP contribution in [-0.4, -0.2) is 44.1 Å². The van der Waals surface area contributed by atoms with Gasteiger partial charge in [-0.1, -0.05) is 22.9 Å². The van der Waals surface area contributed by atoms with Gasteiger partial charge in [-0.2, -0.15) is 0 Å². The minimum absolute atomic E-state index is 0.0655. The highest BCUT2D eigenvalue weighted by atomic mass is 79.9. The SMILES string of the molecule is CCN1CCC(CNC(=O)c2ccc(Br)cc2OC)C1. The number of carbonyl (C=O) groups excluding carboxylic acids is 1. The first-order valence-electron chi connectivity index (χ1n) is 6.98. The molecule has 0 spiro atoms. The Labute approximate surface area is 128 Å². The Kier molecular flexibility index (Phi) is 5.43. The first-order valence-corrected chi connectivity index (χ1v) is 7.77. The Morgan fingerprint density at radius 1 is 1.55 bits per heavy atom. The van der Waals surface area contributed by atoms with E-state index in [-0.39, 0.29) is 5.91 Å². The lowest BCUT2D eigenvalue weighted by Gasteiger charge is -2.14. The number of carbonyl (C=O) groups is 1. The zero-order chi connectivity index (χ0) is 14.5. The number of rotatable bonds is 5. The first kappa shape index (κ1) is 15.3. The topological polar surface area (TPSA) is 41.6 Å². The molecule has 1 unspecified atom stereocenters. The van der Waals surface area contributed by atoms with Crippen molar-refractivity contribution in [2.24, 2.45) is 5.92 Å². The number of hydrogen-bond donors (Lipinski definition) is 1. The Bertz CT molecular complexity index is 479. The maximum atomic E-state index is 12.2. The fourth-order valence-corrected chi connectivity index (χ4v) is 2.89. The van der Waals surface area contributed by atoms with E-state index >= 15 is 0 Å². The molecule has 2 rings (SSSR count). The lowest BCUT2D eigenvalue weighted by atomic mass is 10.1. The first-order chi connectivity index (χ1) is 9.63. The summed E-state index contributed by atoms with van der Waals surface area (Å²) in [7, 11) is 1.58. The molecule has 1 amide bonds. The molecule has 110 valence electrons. The zero-order valence-electron chi connectivity index (χ0n) is 12.0. The van der Waals surface area contributed by atoms with Crippen molar-refractivity contribution in [2.45, 2.75) is 13.3 Å². The number of hydrogen-bond acceptors (Lipinski definition) is 3. The number of likely N-dealkylation sites (tertiary alicyclic amines) is 1. The predicted molar refractivity (Wildman–Crippen MR) is 83.2 cm³/mol. The fourth-order valence-electron chi connectivity index (χ4n) is 2.55. The van der Waals surface area contributed by atoms with Gasteiger partial charge in [-0.15, -0.1) is 0 Å². The average molecular weight is 341 g/mol. The monoisotopic (exact) mass is 340 g/mol. The number of amides is 1. The maximum Gasteiger partial charge on any atom is 0.255 e. The van der Waals surface area contributed by atoms with Crippen molar-refractivity contribution in [3.8, 4) is 5.75 Å². The molecule has 1 aliphatic heterocycles. The van der Waals surface area contributed by atoms with Crippen LogP contribution >= 0.6 is 15.9 Å². The second kappa shape index (κ2) is 7.09. The third-order valence-corrected chi connectivity index (χ3v) is 4.27. The van der Waals surface area contributed by atoms with Crippen molar-refractivity contribution in [1.29, 1.82) is 0 Å². The Balaban J connectivity index is 1.92. The molecule has 0 saturated carbocycles. The Morgan fingerprint density at radius 3 is 3.00 bits per heavy atom. The van der Waals surface area contributed by atoms with Gasteiger partial charge in [0.15, 0.2) is 0 Å². The zero-order valence-corrected chi connectivity index (χ0v) is 13.6. The minimum Gasteiger partial charge on any atom is -0.496 e. The van der Waals surface area contributed by atoms with E-state index in [1.165, 1.54) is 0 Å². The van der Waals surface area contributed by atoms with Gasteiger partial charge in [0.1, 0.15) is 5.75 Å². The standard InChI is InChI=1S/C15H21BrN2O2/c1-3-18-7-6-11(10-18)9-17-15(19)13-5-4-12(16)8-14(13)20-2/h4-5,8,11H,3,6-7,9-10H2,1-2H3,(H,17,19). The number of ether oxygens (including phenoxy) is 1. The van der Waals surface area contributed by atoms with Gasteiger partial charge in [0.25, 0.3) is 5.91 Å². The summed E-state index contributed by atoms with van der Waals surface area (Å²) in [4.78, 5) is 14.6. The molecular formula is C15H21BrN2O2. The summed E-state index contributed by atoms with van der Waals surface area (Å²) in [5.41, 5.74) is 0.584. The molecule has 1 saturated heterocycles. The van der Waals surface area contributed by atoms with Gasteiger partial charge >= 0.3 is 0 Å². The molecule has 1 atom stereocenters. The van der Waals surface area contributed by atoms with Gasteiger partial charge in [-0.25, -0.2) is 0 Å². The number of nitrogens with zero attached hydrogens (tertiary/aromatic N) is 1. The summed E-state index contributed by atoms with van der Waals surface area (Å²) in [6, 6.07) is 5.44. The summed E-state index contributed by atoms with van der Waals surface area (Å²) >= 11 is 3.38. The highest BCUT2D eigenvalue weighted by molar-refractivity contribution is 9.10. The quantitative estimate of drug-likeness (QED) is 0.895. The summed E-state index contributed by atoms with van der Waals surface area (Å²) in [6.45, 7) is 6.21. The molecule has 0 bridgehead atoms. The van der Waals surface area contributed by atoms with Gasteiger partial charge < -0.3 is 15.0 Å². The van der Waals surface area contributed by atoms with Crippen molar-refractivity contribution < 1.29 is 9.53 Å². The van der Waals surface area contributed by atoms with E-state index in [0.717, 1.165) is 37.1 Å². The second-order valence-electron chi connectivity index (χ2n) is 5.10. The van der Waals surface area contributed by atoms with Crippen LogP contribution in [0.1, 0.15) is 23.7 Å². The number of nitrogens with one attached hydrogen (secondary N) is 1. The van der Waals surface area contributed by atoms with Gasteiger partial charge in [-0.05, 0) is 43.6 Å². The summed E-state index contributed by atoms with van der Waals surface area (Å²) < 4.78 is 6.16. The molecule has 1 aromatic carbocycles. The molecule has 4 nitrogen and oxygen atoms in total. The Morgan fingerprint density at radius 2 is 2.35 bits per heavy atom. The van der Waals surface area contributed by atoms with Crippen LogP contribution in [0.4, 0.5) is 0 Å². The van der Waals surface area contributed by atoms with E-state index in [1.807, 2.05) is 12.1 Å². The van der Waals surface area contributed by atoms with E-state index in [1.54, 1.807) is 13.2 Å². The summed E-state index contributed by atoms with van der Waals surface area (Å²) in [5, 5.41) is 3.02. The van der Waals surface area contributed by atoms with Crippen LogP contribution in [0.3, 0.4) is 0 Å². The van der Waals surface area contributed by atoms with Crippen LogP contribution in [-0.2, 0) is 0 Å². The van der Waals surface area contributed by atoms with E-state index in [2.05, 4.69) is 33.1 Å². The van der Waals surface area contributed by atoms with Crippen molar-refractivity contribution in [3.63, 3.8) is 0 Å². The lowest BCUT2D eigenvalue weighted by Crippen LogP contribution is -2.31. The van der Waals surface area contributed by atoms with Gasteiger partial charge in [0.2, 0.25) is 0 Å². The highest BCUT2D eigenvalue weighted by Gasteiger charge is 2.22. The number of halogens is 1. The Hall–Kier alpha value is -1.07. The van der Waals surface area contributed by atoms with E-state index in [9.17, 15) is 4.79 Å². The predicted octanol–water partition coefficient (Wildman–Crippen LogP) is 2.53. The molecule has 0 aromatic heterocycles. The fraction of sp³-hybridized carbons (Fsp3) is 0.533. The molecule has 1 heterocycles. The maximum absolute atomic E-state index is 12.2. The minimum atomic E-state index is -0.0655. The van der Waals surface area contributed by atoms with Crippen LogP contribution in [0.5, 0.6) is 5.75 Å². The van der Waals surface area contributed by atoms with Gasteiger partial charge in [-0.3, -0.25) is 4.79 Å². The smallest absolute Gasteiger partial charge is 0.255 e. The van der Waals surface area contributed by atoms with Crippen LogP contribution in [0.2, 0.25) is 0 Å². The highest BCUT2D eigenvalue weighted by Crippen LogP contribution is 2.23.